The SMILES string of the molecule is CN(C)c1ccc(C(=O)NCCn2ccc(-c3ccccn3)n2)cc1. The number of anilines is 1. The Hall–Kier alpha value is -3.15. The van der Waals surface area contributed by atoms with Gasteiger partial charge in [-0.25, -0.2) is 0 Å². The van der Waals surface area contributed by atoms with E-state index in [-0.39, 0.29) is 5.91 Å². The van der Waals surface area contributed by atoms with Crippen LogP contribution in [0.1, 0.15) is 10.4 Å². The van der Waals surface area contributed by atoms with Crippen LogP contribution in [0.5, 0.6) is 0 Å². The summed E-state index contributed by atoms with van der Waals surface area (Å²) in [7, 11) is 3.94. The molecule has 3 aromatic rings. The van der Waals surface area contributed by atoms with Crippen LogP contribution < -0.4 is 10.2 Å². The molecule has 3 rings (SSSR count). The Morgan fingerprint density at radius 1 is 1.08 bits per heavy atom. The zero-order chi connectivity index (χ0) is 17.6. The number of pyridine rings is 1. The predicted octanol–water partition coefficient (Wildman–Crippen LogP) is 2.44. The van der Waals surface area contributed by atoms with E-state index in [1.165, 1.54) is 0 Å². The maximum Gasteiger partial charge on any atom is 0.251 e. The summed E-state index contributed by atoms with van der Waals surface area (Å²) < 4.78 is 1.80. The van der Waals surface area contributed by atoms with Crippen LogP contribution in [-0.4, -0.2) is 41.3 Å². The number of amides is 1. The van der Waals surface area contributed by atoms with Crippen molar-refractivity contribution in [2.45, 2.75) is 6.54 Å². The molecule has 0 aliphatic carbocycles. The first-order valence-corrected chi connectivity index (χ1v) is 8.14. The van der Waals surface area contributed by atoms with Gasteiger partial charge in [-0.05, 0) is 42.5 Å². The van der Waals surface area contributed by atoms with Gasteiger partial charge in [-0.15, -0.1) is 0 Å². The van der Waals surface area contributed by atoms with Gasteiger partial charge in [0.05, 0.1) is 12.2 Å². The van der Waals surface area contributed by atoms with Gasteiger partial charge in [0.1, 0.15) is 5.69 Å². The Bertz CT molecular complexity index is 825. The third-order valence-corrected chi connectivity index (χ3v) is 3.84. The van der Waals surface area contributed by atoms with Crippen LogP contribution in [-0.2, 0) is 6.54 Å². The van der Waals surface area contributed by atoms with Crippen LogP contribution in [0.25, 0.3) is 11.4 Å². The molecule has 1 N–H and O–H groups in total. The third-order valence-electron chi connectivity index (χ3n) is 3.84. The second kappa shape index (κ2) is 7.61. The fourth-order valence-electron chi connectivity index (χ4n) is 2.43. The molecule has 0 unspecified atom stereocenters. The van der Waals surface area contributed by atoms with Gasteiger partial charge in [0.2, 0.25) is 0 Å². The Balaban J connectivity index is 1.53. The van der Waals surface area contributed by atoms with Crippen molar-refractivity contribution in [2.24, 2.45) is 0 Å². The van der Waals surface area contributed by atoms with Gasteiger partial charge in [0.15, 0.2) is 0 Å². The molecule has 6 nitrogen and oxygen atoms in total. The summed E-state index contributed by atoms with van der Waals surface area (Å²) in [6.45, 7) is 1.12. The number of rotatable bonds is 6. The lowest BCUT2D eigenvalue weighted by Crippen LogP contribution is -2.27. The summed E-state index contributed by atoms with van der Waals surface area (Å²) in [5, 5.41) is 7.39. The van der Waals surface area contributed by atoms with E-state index in [0.717, 1.165) is 17.1 Å². The van der Waals surface area contributed by atoms with Crippen LogP contribution in [0.4, 0.5) is 5.69 Å². The number of carbonyl (C=O) groups is 1. The van der Waals surface area contributed by atoms with Crippen LogP contribution in [0, 0.1) is 0 Å². The van der Waals surface area contributed by atoms with E-state index in [9.17, 15) is 4.79 Å². The van der Waals surface area contributed by atoms with Crippen LogP contribution in [0.2, 0.25) is 0 Å². The molecule has 25 heavy (non-hydrogen) atoms. The fourth-order valence-corrected chi connectivity index (χ4v) is 2.43. The minimum atomic E-state index is -0.0811. The highest BCUT2D eigenvalue weighted by Gasteiger charge is 2.06. The molecule has 128 valence electrons. The molecule has 0 bridgehead atoms. The van der Waals surface area contributed by atoms with Crippen molar-refractivity contribution in [2.75, 3.05) is 25.5 Å². The molecular formula is C19H21N5O. The van der Waals surface area contributed by atoms with E-state index in [0.29, 0.717) is 18.7 Å². The van der Waals surface area contributed by atoms with Gasteiger partial charge in [-0.1, -0.05) is 6.07 Å². The van der Waals surface area contributed by atoms with Crippen molar-refractivity contribution >= 4 is 11.6 Å². The van der Waals surface area contributed by atoms with E-state index in [1.54, 1.807) is 10.9 Å². The van der Waals surface area contributed by atoms with Crippen LogP contribution >= 0.6 is 0 Å². The highest BCUT2D eigenvalue weighted by molar-refractivity contribution is 5.94. The second-order valence-corrected chi connectivity index (χ2v) is 5.88. The molecule has 0 atom stereocenters. The van der Waals surface area contributed by atoms with E-state index < -0.39 is 0 Å². The summed E-state index contributed by atoms with van der Waals surface area (Å²) in [6, 6.07) is 15.2. The van der Waals surface area contributed by atoms with E-state index >= 15 is 0 Å². The Labute approximate surface area is 147 Å². The quantitative estimate of drug-likeness (QED) is 0.751. The highest BCUT2D eigenvalue weighted by Crippen LogP contribution is 2.13. The standard InChI is InChI=1S/C19H21N5O/c1-23(2)16-8-6-15(7-9-16)19(25)21-12-14-24-13-10-18(22-24)17-5-3-4-11-20-17/h3-11,13H,12,14H2,1-2H3,(H,21,25). The largest absolute Gasteiger partial charge is 0.378 e. The maximum absolute atomic E-state index is 12.2. The molecule has 0 saturated heterocycles. The summed E-state index contributed by atoms with van der Waals surface area (Å²) in [4.78, 5) is 18.5. The highest BCUT2D eigenvalue weighted by atomic mass is 16.1. The number of hydrogen-bond acceptors (Lipinski definition) is 4. The summed E-state index contributed by atoms with van der Waals surface area (Å²) in [5.74, 6) is -0.0811. The number of benzene rings is 1. The molecule has 0 aliphatic heterocycles. The zero-order valence-electron chi connectivity index (χ0n) is 14.4. The van der Waals surface area contributed by atoms with E-state index in [1.807, 2.05) is 73.7 Å². The molecule has 1 amide bonds. The van der Waals surface area contributed by atoms with Gasteiger partial charge in [-0.2, -0.15) is 5.10 Å². The molecule has 0 aliphatic rings. The minimum Gasteiger partial charge on any atom is -0.378 e. The molecule has 0 saturated carbocycles. The smallest absolute Gasteiger partial charge is 0.251 e. The second-order valence-electron chi connectivity index (χ2n) is 5.88. The fraction of sp³-hybridized carbons (Fsp3) is 0.211. The van der Waals surface area contributed by atoms with Crippen LogP contribution in [0.3, 0.4) is 0 Å². The number of carbonyl (C=O) groups excluding carboxylic acids is 1. The Morgan fingerprint density at radius 2 is 1.88 bits per heavy atom. The van der Waals surface area contributed by atoms with Gasteiger partial charge in [-0.3, -0.25) is 14.5 Å². The zero-order valence-corrected chi connectivity index (χ0v) is 14.4. The van der Waals surface area contributed by atoms with Crippen molar-refractivity contribution in [3.63, 3.8) is 0 Å². The van der Waals surface area contributed by atoms with Gasteiger partial charge in [0, 0.05) is 44.3 Å². The van der Waals surface area contributed by atoms with Crippen LogP contribution in [0.15, 0.2) is 60.9 Å². The average Bonchev–Trinajstić information content (AvgIpc) is 3.11. The number of nitrogens with zero attached hydrogens (tertiary/aromatic N) is 4. The van der Waals surface area contributed by atoms with Crippen molar-refractivity contribution in [3.05, 3.63) is 66.5 Å². The molecule has 0 radical (unpaired) electrons. The lowest BCUT2D eigenvalue weighted by atomic mass is 10.2. The summed E-state index contributed by atoms with van der Waals surface area (Å²) in [6.07, 6.45) is 3.64. The predicted molar refractivity (Wildman–Crippen MR) is 98.6 cm³/mol. The van der Waals surface area contributed by atoms with Gasteiger partial charge in [0.25, 0.3) is 5.91 Å². The molecule has 6 heteroatoms. The van der Waals surface area contributed by atoms with Crippen molar-refractivity contribution < 1.29 is 4.79 Å². The Kier molecular flexibility index (Phi) is 5.09. The third kappa shape index (κ3) is 4.23. The molecule has 0 spiro atoms. The molecule has 1 aromatic carbocycles. The van der Waals surface area contributed by atoms with E-state index in [4.69, 9.17) is 0 Å². The van der Waals surface area contributed by atoms with Gasteiger partial charge < -0.3 is 10.2 Å². The van der Waals surface area contributed by atoms with E-state index in [2.05, 4.69) is 15.4 Å². The summed E-state index contributed by atoms with van der Waals surface area (Å²) in [5.41, 5.74) is 3.38. The minimum absolute atomic E-state index is 0.0811. The van der Waals surface area contributed by atoms with Crippen molar-refractivity contribution in [3.8, 4) is 11.4 Å². The summed E-state index contributed by atoms with van der Waals surface area (Å²) >= 11 is 0. The number of hydrogen-bond donors (Lipinski definition) is 1. The van der Waals surface area contributed by atoms with Crippen molar-refractivity contribution in [1.29, 1.82) is 0 Å². The maximum atomic E-state index is 12.2. The van der Waals surface area contributed by atoms with Gasteiger partial charge >= 0.3 is 0 Å². The Morgan fingerprint density at radius 3 is 2.56 bits per heavy atom. The molecule has 2 heterocycles. The number of aromatic nitrogens is 3. The average molecular weight is 335 g/mol. The topological polar surface area (TPSA) is 63.1 Å². The molecule has 2 aromatic heterocycles. The number of nitrogens with one attached hydrogen (secondary N) is 1. The first kappa shape index (κ1) is 16.7. The molecular weight excluding hydrogens is 314 g/mol. The van der Waals surface area contributed by atoms with Crippen molar-refractivity contribution in [1.82, 2.24) is 20.1 Å². The monoisotopic (exact) mass is 335 g/mol. The normalized spacial score (nSPS) is 10.5. The first-order chi connectivity index (χ1) is 12.1. The lowest BCUT2D eigenvalue weighted by molar-refractivity contribution is 0.0952. The lowest BCUT2D eigenvalue weighted by Gasteiger charge is -2.12. The molecule has 0 fully saturated rings. The first-order valence-electron chi connectivity index (χ1n) is 8.14.